The van der Waals surface area contributed by atoms with E-state index in [1.807, 2.05) is 0 Å². The van der Waals surface area contributed by atoms with Crippen LogP contribution in [0.5, 0.6) is 5.75 Å². The standard InChI is InChI=1S/C9H8N6O2/c1-15-7-4(2-11-3-5(7)16)12-9(15)6-8(10)14-17-13-6/h2-3,16H,1H3,(H2,10,14). The third-order valence-corrected chi connectivity index (χ3v) is 2.48. The van der Waals surface area contributed by atoms with Gasteiger partial charge in [0.2, 0.25) is 0 Å². The van der Waals surface area contributed by atoms with Crippen LogP contribution in [0.3, 0.4) is 0 Å². The predicted molar refractivity (Wildman–Crippen MR) is 57.9 cm³/mol. The van der Waals surface area contributed by atoms with Gasteiger partial charge in [0.15, 0.2) is 23.1 Å². The molecule has 0 unspecified atom stereocenters. The lowest BCUT2D eigenvalue weighted by Gasteiger charge is -1.99. The summed E-state index contributed by atoms with van der Waals surface area (Å²) in [4.78, 5) is 8.13. The maximum absolute atomic E-state index is 9.72. The number of aromatic nitrogens is 5. The summed E-state index contributed by atoms with van der Waals surface area (Å²) in [6.45, 7) is 0. The van der Waals surface area contributed by atoms with Crippen molar-refractivity contribution < 1.29 is 9.74 Å². The van der Waals surface area contributed by atoms with E-state index in [2.05, 4.69) is 24.9 Å². The fraction of sp³-hybridized carbons (Fsp3) is 0.111. The number of imidazole rings is 1. The van der Waals surface area contributed by atoms with E-state index in [1.54, 1.807) is 17.8 Å². The van der Waals surface area contributed by atoms with Crippen LogP contribution < -0.4 is 5.73 Å². The van der Waals surface area contributed by atoms with E-state index in [4.69, 9.17) is 5.73 Å². The molecule has 0 fully saturated rings. The van der Waals surface area contributed by atoms with Gasteiger partial charge in [-0.05, 0) is 10.3 Å². The van der Waals surface area contributed by atoms with E-state index in [9.17, 15) is 5.11 Å². The monoisotopic (exact) mass is 232 g/mol. The first-order valence-electron chi connectivity index (χ1n) is 4.76. The van der Waals surface area contributed by atoms with Crippen LogP contribution in [0.4, 0.5) is 5.82 Å². The Bertz CT molecular complexity index is 701. The lowest BCUT2D eigenvalue weighted by Crippen LogP contribution is -1.96. The third kappa shape index (κ3) is 1.24. The molecule has 3 aromatic heterocycles. The number of anilines is 1. The van der Waals surface area contributed by atoms with E-state index in [0.717, 1.165) is 0 Å². The SMILES string of the molecule is Cn1c(-c2nonc2N)nc2cncc(O)c21. The summed E-state index contributed by atoms with van der Waals surface area (Å²) in [6, 6.07) is 0. The van der Waals surface area contributed by atoms with Crippen molar-refractivity contribution >= 4 is 16.9 Å². The Labute approximate surface area is 94.7 Å². The molecular formula is C9H8N6O2. The fourth-order valence-electron chi connectivity index (χ4n) is 1.71. The molecule has 0 saturated carbocycles. The number of nitrogen functional groups attached to an aromatic ring is 1. The smallest absolute Gasteiger partial charge is 0.199 e. The van der Waals surface area contributed by atoms with Crippen molar-refractivity contribution in [3.63, 3.8) is 0 Å². The molecule has 0 saturated heterocycles. The van der Waals surface area contributed by atoms with Gasteiger partial charge in [-0.15, -0.1) is 0 Å². The molecule has 0 aliphatic rings. The van der Waals surface area contributed by atoms with E-state index in [1.165, 1.54) is 6.20 Å². The van der Waals surface area contributed by atoms with Gasteiger partial charge in [0.1, 0.15) is 11.0 Å². The van der Waals surface area contributed by atoms with Crippen molar-refractivity contribution in [2.24, 2.45) is 7.05 Å². The molecule has 86 valence electrons. The minimum Gasteiger partial charge on any atom is -0.504 e. The number of nitrogens with two attached hydrogens (primary N) is 1. The molecule has 3 rings (SSSR count). The summed E-state index contributed by atoms with van der Waals surface area (Å²) in [5, 5.41) is 16.9. The van der Waals surface area contributed by atoms with Crippen molar-refractivity contribution in [3.8, 4) is 17.3 Å². The van der Waals surface area contributed by atoms with Gasteiger partial charge in [-0.1, -0.05) is 0 Å². The Kier molecular flexibility index (Phi) is 1.79. The number of aryl methyl sites for hydroxylation is 1. The summed E-state index contributed by atoms with van der Waals surface area (Å²) in [6.07, 6.45) is 2.89. The number of fused-ring (bicyclic) bond motifs is 1. The Morgan fingerprint density at radius 2 is 2.18 bits per heavy atom. The molecule has 17 heavy (non-hydrogen) atoms. The number of aromatic hydroxyl groups is 1. The summed E-state index contributed by atoms with van der Waals surface area (Å²) < 4.78 is 6.18. The topological polar surface area (TPSA) is 116 Å². The summed E-state index contributed by atoms with van der Waals surface area (Å²) in [5.41, 5.74) is 7.04. The van der Waals surface area contributed by atoms with Crippen LogP contribution in [-0.2, 0) is 7.05 Å². The Balaban J connectivity index is 2.36. The van der Waals surface area contributed by atoms with Crippen molar-refractivity contribution in [2.45, 2.75) is 0 Å². The minimum atomic E-state index is 0.0405. The first-order chi connectivity index (χ1) is 8.18. The highest BCUT2D eigenvalue weighted by molar-refractivity contribution is 5.85. The lowest BCUT2D eigenvalue weighted by atomic mass is 10.4. The number of pyridine rings is 1. The summed E-state index contributed by atoms with van der Waals surface area (Å²) in [7, 11) is 1.73. The molecule has 0 radical (unpaired) electrons. The van der Waals surface area contributed by atoms with E-state index in [0.29, 0.717) is 22.6 Å². The average Bonchev–Trinajstić information content (AvgIpc) is 2.84. The van der Waals surface area contributed by atoms with Gasteiger partial charge in [-0.2, -0.15) is 0 Å². The second-order valence-corrected chi connectivity index (χ2v) is 3.52. The molecule has 8 heteroatoms. The highest BCUT2D eigenvalue weighted by atomic mass is 16.6. The van der Waals surface area contributed by atoms with Gasteiger partial charge < -0.3 is 15.4 Å². The Morgan fingerprint density at radius 3 is 2.82 bits per heavy atom. The van der Waals surface area contributed by atoms with Gasteiger partial charge in [0, 0.05) is 7.05 Å². The molecular weight excluding hydrogens is 224 g/mol. The second-order valence-electron chi connectivity index (χ2n) is 3.52. The zero-order chi connectivity index (χ0) is 12.0. The third-order valence-electron chi connectivity index (χ3n) is 2.48. The molecule has 3 aromatic rings. The predicted octanol–water partition coefficient (Wildman–Crippen LogP) is 0.306. The largest absolute Gasteiger partial charge is 0.504 e. The highest BCUT2D eigenvalue weighted by Gasteiger charge is 2.18. The second kappa shape index (κ2) is 3.17. The maximum Gasteiger partial charge on any atom is 0.199 e. The van der Waals surface area contributed by atoms with Crippen LogP contribution in [-0.4, -0.2) is 30.0 Å². The molecule has 0 aliphatic carbocycles. The molecule has 0 bridgehead atoms. The quantitative estimate of drug-likeness (QED) is 0.619. The Morgan fingerprint density at radius 1 is 1.35 bits per heavy atom. The van der Waals surface area contributed by atoms with Crippen molar-refractivity contribution in [2.75, 3.05) is 5.73 Å². The minimum absolute atomic E-state index is 0.0405. The zero-order valence-corrected chi connectivity index (χ0v) is 8.82. The number of hydrogen-bond acceptors (Lipinski definition) is 7. The zero-order valence-electron chi connectivity index (χ0n) is 8.82. The van der Waals surface area contributed by atoms with Crippen molar-refractivity contribution in [1.82, 2.24) is 24.8 Å². The molecule has 0 aliphatic heterocycles. The molecule has 0 amide bonds. The van der Waals surface area contributed by atoms with Crippen LogP contribution in [0, 0.1) is 0 Å². The van der Waals surface area contributed by atoms with E-state index in [-0.39, 0.29) is 11.6 Å². The van der Waals surface area contributed by atoms with Gasteiger partial charge in [-0.25, -0.2) is 9.61 Å². The van der Waals surface area contributed by atoms with Gasteiger partial charge in [0.25, 0.3) is 0 Å². The van der Waals surface area contributed by atoms with Crippen LogP contribution in [0.25, 0.3) is 22.6 Å². The van der Waals surface area contributed by atoms with Crippen LogP contribution in [0.2, 0.25) is 0 Å². The van der Waals surface area contributed by atoms with Gasteiger partial charge >= 0.3 is 0 Å². The number of hydrogen-bond donors (Lipinski definition) is 2. The normalized spacial score (nSPS) is 11.1. The first kappa shape index (κ1) is 9.58. The van der Waals surface area contributed by atoms with Crippen LogP contribution in [0.15, 0.2) is 17.0 Å². The van der Waals surface area contributed by atoms with Gasteiger partial charge in [-0.3, -0.25) is 4.98 Å². The molecule has 3 N–H and O–H groups in total. The molecule has 0 atom stereocenters. The average molecular weight is 232 g/mol. The van der Waals surface area contributed by atoms with Crippen LogP contribution in [0.1, 0.15) is 0 Å². The number of nitrogens with zero attached hydrogens (tertiary/aromatic N) is 5. The summed E-state index contributed by atoms with van der Waals surface area (Å²) in [5.74, 6) is 0.650. The van der Waals surface area contributed by atoms with Crippen molar-refractivity contribution in [1.29, 1.82) is 0 Å². The number of rotatable bonds is 1. The maximum atomic E-state index is 9.72. The van der Waals surface area contributed by atoms with Gasteiger partial charge in [0.05, 0.1) is 12.4 Å². The van der Waals surface area contributed by atoms with E-state index < -0.39 is 0 Å². The summed E-state index contributed by atoms with van der Waals surface area (Å²) >= 11 is 0. The lowest BCUT2D eigenvalue weighted by molar-refractivity contribution is 0.310. The Hall–Kier alpha value is -2.64. The highest BCUT2D eigenvalue weighted by Crippen LogP contribution is 2.29. The fourth-order valence-corrected chi connectivity index (χ4v) is 1.71. The molecule has 8 nitrogen and oxygen atoms in total. The van der Waals surface area contributed by atoms with Crippen molar-refractivity contribution in [3.05, 3.63) is 12.4 Å². The molecule has 0 spiro atoms. The first-order valence-corrected chi connectivity index (χ1v) is 4.76. The molecule has 0 aromatic carbocycles. The molecule has 3 heterocycles. The van der Waals surface area contributed by atoms with E-state index >= 15 is 0 Å². The van der Waals surface area contributed by atoms with Crippen LogP contribution >= 0.6 is 0 Å².